The summed E-state index contributed by atoms with van der Waals surface area (Å²) >= 11 is 0. The number of carbonyl (C=O) groups excluding carboxylic acids is 3. The second kappa shape index (κ2) is 6.53. The highest BCUT2D eigenvalue weighted by Gasteiger charge is 2.39. The van der Waals surface area contributed by atoms with E-state index in [0.717, 1.165) is 17.7 Å². The molecule has 3 atom stereocenters. The highest BCUT2D eigenvalue weighted by atomic mass is 16.2. The molecule has 1 aromatic heterocycles. The summed E-state index contributed by atoms with van der Waals surface area (Å²) in [5, 5.41) is 2.98. The molecule has 0 aromatic carbocycles. The molecule has 2 aliphatic heterocycles. The summed E-state index contributed by atoms with van der Waals surface area (Å²) in [6.07, 6.45) is 7.48. The largest absolute Gasteiger partial charge is 0.339 e. The number of rotatable bonds is 4. The molecule has 8 heteroatoms. The van der Waals surface area contributed by atoms with E-state index in [9.17, 15) is 14.4 Å². The van der Waals surface area contributed by atoms with Crippen LogP contribution in [0.25, 0.3) is 0 Å². The zero-order valence-corrected chi connectivity index (χ0v) is 13.8. The maximum absolute atomic E-state index is 12.3. The topological polar surface area (TPSA) is 103 Å². The number of hydrazine groups is 1. The molecular formula is C17H21N5O3. The lowest BCUT2D eigenvalue weighted by Gasteiger charge is -2.27. The molecule has 3 N–H and O–H groups in total. The number of carbonyl (C=O) groups is 3. The van der Waals surface area contributed by atoms with Crippen molar-refractivity contribution in [2.24, 2.45) is 5.92 Å². The number of hydrogen-bond donors (Lipinski definition) is 3. The maximum atomic E-state index is 12.3. The monoisotopic (exact) mass is 343 g/mol. The van der Waals surface area contributed by atoms with Gasteiger partial charge in [0.1, 0.15) is 0 Å². The van der Waals surface area contributed by atoms with Crippen LogP contribution in [-0.4, -0.2) is 46.4 Å². The minimum atomic E-state index is -0.381. The van der Waals surface area contributed by atoms with E-state index in [1.54, 1.807) is 0 Å². The second-order valence-electron chi connectivity index (χ2n) is 6.82. The van der Waals surface area contributed by atoms with Gasteiger partial charge in [0.25, 0.3) is 11.8 Å². The van der Waals surface area contributed by atoms with Gasteiger partial charge in [-0.3, -0.25) is 29.7 Å². The number of fused-ring (bicyclic) bond motifs is 2. The van der Waals surface area contributed by atoms with Crippen LogP contribution in [0.2, 0.25) is 0 Å². The molecule has 1 saturated carbocycles. The van der Waals surface area contributed by atoms with Crippen LogP contribution in [-0.2, 0) is 4.79 Å². The van der Waals surface area contributed by atoms with Gasteiger partial charge in [-0.25, -0.2) is 5.43 Å². The Labute approximate surface area is 145 Å². The fourth-order valence-corrected chi connectivity index (χ4v) is 3.98. The summed E-state index contributed by atoms with van der Waals surface area (Å²) in [5.74, 6) is -0.514. The minimum Gasteiger partial charge on any atom is -0.339 e. The maximum Gasteiger partial charge on any atom is 0.263 e. The van der Waals surface area contributed by atoms with E-state index in [-0.39, 0.29) is 36.9 Å². The minimum absolute atomic E-state index is 0.0758. The van der Waals surface area contributed by atoms with Crippen LogP contribution in [0, 0.1) is 5.92 Å². The highest BCUT2D eigenvalue weighted by molar-refractivity contribution is 6.21. The van der Waals surface area contributed by atoms with Gasteiger partial charge in [0.2, 0.25) is 5.91 Å². The van der Waals surface area contributed by atoms with Gasteiger partial charge in [0.05, 0.1) is 17.3 Å². The van der Waals surface area contributed by atoms with Crippen molar-refractivity contribution in [1.82, 2.24) is 26.1 Å². The number of imide groups is 1. The molecule has 3 heterocycles. The van der Waals surface area contributed by atoms with Crippen molar-refractivity contribution >= 4 is 17.7 Å². The Morgan fingerprint density at radius 1 is 1.20 bits per heavy atom. The fourth-order valence-electron chi connectivity index (χ4n) is 3.98. The van der Waals surface area contributed by atoms with Crippen LogP contribution < -0.4 is 16.2 Å². The molecular weight excluding hydrogens is 322 g/mol. The van der Waals surface area contributed by atoms with E-state index in [4.69, 9.17) is 0 Å². The number of amides is 3. The Kier molecular flexibility index (Phi) is 4.22. The van der Waals surface area contributed by atoms with Gasteiger partial charge >= 0.3 is 0 Å². The lowest BCUT2D eigenvalue weighted by atomic mass is 9.84. The van der Waals surface area contributed by atoms with Crippen molar-refractivity contribution in [2.45, 2.75) is 44.3 Å². The lowest BCUT2D eigenvalue weighted by Crippen LogP contribution is -2.47. The van der Waals surface area contributed by atoms with Gasteiger partial charge in [-0.05, 0) is 18.9 Å². The summed E-state index contributed by atoms with van der Waals surface area (Å²) in [6, 6.07) is 1.94. The van der Waals surface area contributed by atoms with Crippen molar-refractivity contribution < 1.29 is 14.4 Å². The van der Waals surface area contributed by atoms with E-state index < -0.39 is 0 Å². The quantitative estimate of drug-likeness (QED) is 0.674. The summed E-state index contributed by atoms with van der Waals surface area (Å²) in [4.78, 5) is 41.8. The first-order chi connectivity index (χ1) is 12.1. The van der Waals surface area contributed by atoms with E-state index in [1.807, 2.05) is 0 Å². The van der Waals surface area contributed by atoms with E-state index in [1.165, 1.54) is 31.3 Å². The average molecular weight is 343 g/mol. The normalized spacial score (nSPS) is 28.0. The predicted octanol–water partition coefficient (Wildman–Crippen LogP) is 0.177. The Morgan fingerprint density at radius 2 is 2.00 bits per heavy atom. The summed E-state index contributed by atoms with van der Waals surface area (Å²) < 4.78 is 0. The van der Waals surface area contributed by atoms with Gasteiger partial charge in [-0.15, -0.1) is 0 Å². The first-order valence-corrected chi connectivity index (χ1v) is 8.76. The molecule has 8 nitrogen and oxygen atoms in total. The molecule has 2 fully saturated rings. The Bertz CT molecular complexity index is 687. The van der Waals surface area contributed by atoms with Crippen molar-refractivity contribution in [3.63, 3.8) is 0 Å². The van der Waals surface area contributed by atoms with Crippen LogP contribution in [0.3, 0.4) is 0 Å². The highest BCUT2D eigenvalue weighted by Crippen LogP contribution is 2.29. The SMILES string of the molecule is O=C(CCN1C(=O)c2ccncc2C1=O)NC1NNC2CCCCC21. The predicted molar refractivity (Wildman–Crippen MR) is 88.2 cm³/mol. The van der Waals surface area contributed by atoms with E-state index >= 15 is 0 Å². The molecule has 1 aromatic rings. The number of hydrogen-bond acceptors (Lipinski definition) is 6. The van der Waals surface area contributed by atoms with E-state index in [0.29, 0.717) is 23.1 Å². The number of nitrogens with zero attached hydrogens (tertiary/aromatic N) is 2. The molecule has 3 unspecified atom stereocenters. The molecule has 132 valence electrons. The molecule has 0 bridgehead atoms. The van der Waals surface area contributed by atoms with Crippen molar-refractivity contribution in [3.8, 4) is 0 Å². The third-order valence-electron chi connectivity index (χ3n) is 5.32. The molecule has 3 aliphatic rings. The van der Waals surface area contributed by atoms with Gasteiger partial charge in [0, 0.05) is 37.3 Å². The average Bonchev–Trinajstić information content (AvgIpc) is 3.14. The smallest absolute Gasteiger partial charge is 0.263 e. The van der Waals surface area contributed by atoms with Gasteiger partial charge in [0.15, 0.2) is 0 Å². The van der Waals surface area contributed by atoms with Gasteiger partial charge < -0.3 is 5.32 Å². The second-order valence-corrected chi connectivity index (χ2v) is 6.82. The Balaban J connectivity index is 1.32. The summed E-state index contributed by atoms with van der Waals surface area (Å²) in [5.41, 5.74) is 7.06. The zero-order valence-electron chi connectivity index (χ0n) is 13.8. The molecule has 4 rings (SSSR count). The Morgan fingerprint density at radius 3 is 2.84 bits per heavy atom. The first-order valence-electron chi connectivity index (χ1n) is 8.76. The summed E-state index contributed by atoms with van der Waals surface area (Å²) in [6.45, 7) is 0.0758. The van der Waals surface area contributed by atoms with Crippen LogP contribution in [0.4, 0.5) is 0 Å². The van der Waals surface area contributed by atoms with Crippen LogP contribution in [0.15, 0.2) is 18.5 Å². The number of aromatic nitrogens is 1. The fraction of sp³-hybridized carbons (Fsp3) is 0.529. The van der Waals surface area contributed by atoms with E-state index in [2.05, 4.69) is 21.2 Å². The number of pyridine rings is 1. The Hall–Kier alpha value is -2.32. The van der Waals surface area contributed by atoms with Crippen molar-refractivity contribution in [2.75, 3.05) is 6.54 Å². The van der Waals surface area contributed by atoms with Crippen LogP contribution in [0.1, 0.15) is 52.8 Å². The van der Waals surface area contributed by atoms with Crippen LogP contribution >= 0.6 is 0 Å². The number of nitrogens with one attached hydrogen (secondary N) is 3. The molecule has 0 spiro atoms. The lowest BCUT2D eigenvalue weighted by molar-refractivity contribution is -0.122. The standard InChI is InChI=1S/C17H21N5O3/c23-14(19-15-11-3-1-2-4-13(11)20-21-15)6-8-22-16(24)10-5-7-18-9-12(10)17(22)25/h5,7,9,11,13,15,20-21H,1-4,6,8H2,(H,19,23). The first kappa shape index (κ1) is 16.2. The third kappa shape index (κ3) is 2.91. The zero-order chi connectivity index (χ0) is 17.4. The van der Waals surface area contributed by atoms with Crippen molar-refractivity contribution in [1.29, 1.82) is 0 Å². The van der Waals surface area contributed by atoms with Gasteiger partial charge in [-0.2, -0.15) is 0 Å². The van der Waals surface area contributed by atoms with Crippen molar-refractivity contribution in [3.05, 3.63) is 29.6 Å². The molecule has 0 radical (unpaired) electrons. The molecule has 1 aliphatic carbocycles. The summed E-state index contributed by atoms with van der Waals surface area (Å²) in [7, 11) is 0. The molecule has 1 saturated heterocycles. The third-order valence-corrected chi connectivity index (χ3v) is 5.32. The molecule has 3 amide bonds. The molecule has 25 heavy (non-hydrogen) atoms. The van der Waals surface area contributed by atoms with Crippen LogP contribution in [0.5, 0.6) is 0 Å². The van der Waals surface area contributed by atoms with Gasteiger partial charge in [-0.1, -0.05) is 12.8 Å².